The summed E-state index contributed by atoms with van der Waals surface area (Å²) in [6, 6.07) is 15.9. The maximum absolute atomic E-state index is 13.2. The number of aliphatic hydroxyl groups is 1. The summed E-state index contributed by atoms with van der Waals surface area (Å²) >= 11 is 7.05. The van der Waals surface area contributed by atoms with Gasteiger partial charge < -0.3 is 20.1 Å². The van der Waals surface area contributed by atoms with Crippen LogP contribution in [0.4, 0.5) is 11.4 Å². The predicted octanol–water partition coefficient (Wildman–Crippen LogP) is 3.44. The van der Waals surface area contributed by atoms with Crippen molar-refractivity contribution in [1.82, 2.24) is 9.80 Å². The number of nitrogens with one attached hydrogen (secondary N) is 1. The number of hydrogen-bond donors (Lipinski definition) is 2. The molecular formula is C27H27ClN4O5S. The number of piperazine rings is 1. The molecule has 3 amide bonds. The Labute approximate surface area is 229 Å². The fourth-order valence-corrected chi connectivity index (χ4v) is 5.71. The average Bonchev–Trinajstić information content (AvgIpc) is 3.47. The van der Waals surface area contributed by atoms with Crippen LogP contribution in [0.5, 0.6) is 5.75 Å². The number of amides is 3. The summed E-state index contributed by atoms with van der Waals surface area (Å²) in [4.78, 5) is 44.7. The van der Waals surface area contributed by atoms with E-state index in [0.29, 0.717) is 15.8 Å². The minimum Gasteiger partial charge on any atom is -0.497 e. The minimum atomic E-state index is -0.906. The molecule has 1 aromatic heterocycles. The van der Waals surface area contributed by atoms with Gasteiger partial charge in [0.25, 0.3) is 17.7 Å². The summed E-state index contributed by atoms with van der Waals surface area (Å²) in [6.45, 7) is 3.29. The number of aliphatic hydroxyl groups excluding tert-OH is 1. The molecule has 198 valence electrons. The zero-order valence-electron chi connectivity index (χ0n) is 20.7. The number of nitrogens with zero attached hydrogens (tertiary/aromatic N) is 3. The van der Waals surface area contributed by atoms with Crippen LogP contribution in [0.3, 0.4) is 0 Å². The molecule has 0 spiro atoms. The second-order valence-electron chi connectivity index (χ2n) is 9.15. The van der Waals surface area contributed by atoms with Gasteiger partial charge in [0.2, 0.25) is 0 Å². The Kier molecular flexibility index (Phi) is 7.66. The van der Waals surface area contributed by atoms with Crippen molar-refractivity contribution >= 4 is 52.0 Å². The first kappa shape index (κ1) is 26.2. The number of thiophene rings is 1. The number of fused-ring (bicyclic) bond motifs is 1. The lowest BCUT2D eigenvalue weighted by molar-refractivity contribution is 0.0469. The first-order chi connectivity index (χ1) is 18.3. The molecule has 2 aliphatic heterocycles. The van der Waals surface area contributed by atoms with E-state index in [2.05, 4.69) is 15.1 Å². The number of anilines is 2. The van der Waals surface area contributed by atoms with Crippen molar-refractivity contribution in [2.45, 2.75) is 6.10 Å². The van der Waals surface area contributed by atoms with Crippen LogP contribution in [0.15, 0.2) is 54.6 Å². The highest BCUT2D eigenvalue weighted by atomic mass is 35.5. The van der Waals surface area contributed by atoms with E-state index in [9.17, 15) is 19.5 Å². The molecule has 3 heterocycles. The van der Waals surface area contributed by atoms with Crippen molar-refractivity contribution in [3.63, 3.8) is 0 Å². The lowest BCUT2D eigenvalue weighted by atomic mass is 10.1. The van der Waals surface area contributed by atoms with Gasteiger partial charge in [0.05, 0.1) is 45.8 Å². The van der Waals surface area contributed by atoms with Crippen LogP contribution in [-0.2, 0) is 0 Å². The number of methoxy groups -OCH3 is 1. The van der Waals surface area contributed by atoms with Crippen LogP contribution in [0.25, 0.3) is 0 Å². The third-order valence-corrected chi connectivity index (χ3v) is 7.95. The fourth-order valence-electron chi connectivity index (χ4n) is 4.77. The van der Waals surface area contributed by atoms with Crippen LogP contribution in [0, 0.1) is 0 Å². The minimum absolute atomic E-state index is 0.126. The van der Waals surface area contributed by atoms with Crippen molar-refractivity contribution in [2.24, 2.45) is 0 Å². The molecular weight excluding hydrogens is 528 g/mol. The molecule has 11 heteroatoms. The molecule has 0 bridgehead atoms. The van der Waals surface area contributed by atoms with Crippen LogP contribution in [0.1, 0.15) is 30.4 Å². The zero-order valence-corrected chi connectivity index (χ0v) is 22.3. The molecule has 5 rings (SSSR count). The molecule has 1 unspecified atom stereocenters. The SMILES string of the molecule is COc1ccc(N2CCN(CC(O)CN3C(=O)c4cccc(NC(=O)c5ccc(Cl)s5)c4C3=O)CC2)cc1. The monoisotopic (exact) mass is 554 g/mol. The van der Waals surface area contributed by atoms with Crippen molar-refractivity contribution < 1.29 is 24.2 Å². The Hall–Kier alpha value is -3.44. The zero-order chi connectivity index (χ0) is 26.8. The number of hydrogen-bond acceptors (Lipinski definition) is 8. The second-order valence-corrected chi connectivity index (χ2v) is 10.9. The number of rotatable bonds is 8. The Bertz CT molecular complexity index is 1350. The highest BCUT2D eigenvalue weighted by Gasteiger charge is 2.39. The van der Waals surface area contributed by atoms with Gasteiger partial charge in [-0.15, -0.1) is 11.3 Å². The van der Waals surface area contributed by atoms with Crippen LogP contribution >= 0.6 is 22.9 Å². The number of ether oxygens (including phenoxy) is 1. The van der Waals surface area contributed by atoms with Gasteiger partial charge in [-0.05, 0) is 48.5 Å². The molecule has 2 aliphatic rings. The van der Waals surface area contributed by atoms with E-state index >= 15 is 0 Å². The molecule has 0 aliphatic carbocycles. The number of benzene rings is 2. The van der Waals surface area contributed by atoms with Gasteiger partial charge >= 0.3 is 0 Å². The number of β-amino-alcohol motifs (C(OH)–C–C–N with tert-alkyl or cyclic N) is 1. The predicted molar refractivity (Wildman–Crippen MR) is 147 cm³/mol. The van der Waals surface area contributed by atoms with Crippen LogP contribution in [0.2, 0.25) is 4.34 Å². The first-order valence-electron chi connectivity index (χ1n) is 12.2. The lowest BCUT2D eigenvalue weighted by Crippen LogP contribution is -2.50. The van der Waals surface area contributed by atoms with Crippen molar-refractivity contribution in [2.75, 3.05) is 56.6 Å². The average molecular weight is 555 g/mol. The quantitative estimate of drug-likeness (QED) is 0.411. The maximum Gasteiger partial charge on any atom is 0.265 e. The Morgan fingerprint density at radius 3 is 2.42 bits per heavy atom. The Balaban J connectivity index is 1.18. The van der Waals surface area contributed by atoms with E-state index in [-0.39, 0.29) is 23.4 Å². The standard InChI is InChI=1S/C27H27ClN4O5S/c1-37-19-7-5-17(6-8-19)31-13-11-30(12-14-31)15-18(33)16-32-26(35)20-3-2-4-21(24(20)27(32)36)29-25(34)22-9-10-23(28)38-22/h2-10,18,33H,11-16H2,1H3,(H,29,34). The largest absolute Gasteiger partial charge is 0.497 e. The van der Waals surface area contributed by atoms with Crippen LogP contribution < -0.4 is 15.0 Å². The maximum atomic E-state index is 13.2. The van der Waals surface area contributed by atoms with Crippen LogP contribution in [-0.4, -0.2) is 85.1 Å². The van der Waals surface area contributed by atoms with Crippen molar-refractivity contribution in [3.8, 4) is 5.75 Å². The highest BCUT2D eigenvalue weighted by molar-refractivity contribution is 7.18. The highest BCUT2D eigenvalue weighted by Crippen LogP contribution is 2.31. The van der Waals surface area contributed by atoms with E-state index in [1.807, 2.05) is 24.3 Å². The molecule has 9 nitrogen and oxygen atoms in total. The summed E-state index contributed by atoms with van der Waals surface area (Å²) < 4.78 is 5.70. The van der Waals surface area contributed by atoms with E-state index in [1.165, 1.54) is 0 Å². The molecule has 1 atom stereocenters. The summed E-state index contributed by atoms with van der Waals surface area (Å²) in [6.07, 6.45) is -0.906. The summed E-state index contributed by atoms with van der Waals surface area (Å²) in [5, 5.41) is 13.5. The normalized spacial score (nSPS) is 16.5. The summed E-state index contributed by atoms with van der Waals surface area (Å²) in [5.74, 6) is -0.620. The topological polar surface area (TPSA) is 102 Å². The molecule has 3 aromatic rings. The third kappa shape index (κ3) is 5.39. The second kappa shape index (κ2) is 11.1. The number of carbonyl (C=O) groups excluding carboxylic acids is 3. The molecule has 2 N–H and O–H groups in total. The van der Waals surface area contributed by atoms with Gasteiger partial charge in [-0.1, -0.05) is 17.7 Å². The van der Waals surface area contributed by atoms with E-state index < -0.39 is 23.8 Å². The molecule has 1 saturated heterocycles. The van der Waals surface area contributed by atoms with Gasteiger partial charge in [-0.2, -0.15) is 0 Å². The van der Waals surface area contributed by atoms with E-state index in [0.717, 1.165) is 53.9 Å². The number of imide groups is 1. The summed E-state index contributed by atoms with van der Waals surface area (Å²) in [7, 11) is 1.64. The fraction of sp³-hybridized carbons (Fsp3) is 0.296. The molecule has 2 aromatic carbocycles. The Morgan fingerprint density at radius 2 is 1.76 bits per heavy atom. The van der Waals surface area contributed by atoms with Gasteiger partial charge in [0, 0.05) is 38.4 Å². The summed E-state index contributed by atoms with van der Waals surface area (Å²) in [5.41, 5.74) is 1.70. The van der Waals surface area contributed by atoms with Gasteiger partial charge in [0.1, 0.15) is 5.75 Å². The number of halogens is 1. The van der Waals surface area contributed by atoms with Gasteiger partial charge in [-0.3, -0.25) is 24.2 Å². The molecule has 38 heavy (non-hydrogen) atoms. The third-order valence-electron chi connectivity index (χ3n) is 6.72. The van der Waals surface area contributed by atoms with Crippen molar-refractivity contribution in [3.05, 3.63) is 74.9 Å². The van der Waals surface area contributed by atoms with E-state index in [4.69, 9.17) is 16.3 Å². The smallest absolute Gasteiger partial charge is 0.265 e. The van der Waals surface area contributed by atoms with Gasteiger partial charge in [0.15, 0.2) is 0 Å². The lowest BCUT2D eigenvalue weighted by Gasteiger charge is -2.37. The van der Waals surface area contributed by atoms with Gasteiger partial charge in [-0.25, -0.2) is 0 Å². The van der Waals surface area contributed by atoms with Crippen molar-refractivity contribution in [1.29, 1.82) is 0 Å². The number of carbonyl (C=O) groups is 3. The first-order valence-corrected chi connectivity index (χ1v) is 13.4. The van der Waals surface area contributed by atoms with E-state index in [1.54, 1.807) is 37.4 Å². The molecule has 0 radical (unpaired) electrons. The molecule has 0 saturated carbocycles. The molecule has 1 fully saturated rings. The Morgan fingerprint density at radius 1 is 1.03 bits per heavy atom.